The van der Waals surface area contributed by atoms with E-state index in [1.165, 1.54) is 0 Å². The van der Waals surface area contributed by atoms with Crippen molar-refractivity contribution in [1.29, 1.82) is 0 Å². The molecule has 0 aromatic rings. The molecule has 2 fully saturated rings. The van der Waals surface area contributed by atoms with Crippen molar-refractivity contribution < 1.29 is 10.2 Å². The van der Waals surface area contributed by atoms with Gasteiger partial charge in [-0.1, -0.05) is 0 Å². The molecule has 1 heterocycles. The molecule has 64 valence electrons. The van der Waals surface area contributed by atoms with E-state index >= 15 is 0 Å². The normalized spacial score (nSPS) is 49.6. The fourth-order valence-electron chi connectivity index (χ4n) is 2.42. The van der Waals surface area contributed by atoms with Crippen LogP contribution in [0.5, 0.6) is 0 Å². The molecule has 1 aliphatic carbocycles. The van der Waals surface area contributed by atoms with Crippen molar-refractivity contribution in [2.75, 3.05) is 19.7 Å². The fourth-order valence-corrected chi connectivity index (χ4v) is 2.42. The van der Waals surface area contributed by atoms with E-state index in [1.54, 1.807) is 0 Å². The summed E-state index contributed by atoms with van der Waals surface area (Å²) in [7, 11) is 0. The van der Waals surface area contributed by atoms with Gasteiger partial charge in [0.15, 0.2) is 0 Å². The van der Waals surface area contributed by atoms with Crippen molar-refractivity contribution in [1.82, 2.24) is 5.32 Å². The van der Waals surface area contributed by atoms with Gasteiger partial charge in [-0.3, -0.25) is 0 Å². The molecule has 11 heavy (non-hydrogen) atoms. The van der Waals surface area contributed by atoms with Crippen LogP contribution >= 0.6 is 0 Å². The van der Waals surface area contributed by atoms with Crippen LogP contribution in [0.1, 0.15) is 12.8 Å². The molecule has 0 spiro atoms. The number of aliphatic hydroxyl groups is 2. The van der Waals surface area contributed by atoms with Gasteiger partial charge < -0.3 is 15.5 Å². The minimum atomic E-state index is -0.270. The number of hydrogen-bond acceptors (Lipinski definition) is 3. The second kappa shape index (κ2) is 2.44. The van der Waals surface area contributed by atoms with Crippen molar-refractivity contribution in [3.63, 3.8) is 0 Å². The van der Waals surface area contributed by atoms with Crippen molar-refractivity contribution in [3.05, 3.63) is 0 Å². The zero-order chi connectivity index (χ0) is 7.90. The average Bonchev–Trinajstić information content (AvgIpc) is 2.25. The summed E-state index contributed by atoms with van der Waals surface area (Å²) in [5, 5.41) is 22.1. The third-order valence-corrected chi connectivity index (χ3v) is 3.29. The van der Waals surface area contributed by atoms with Gasteiger partial charge in [-0.2, -0.15) is 0 Å². The first-order valence-corrected chi connectivity index (χ1v) is 4.28. The summed E-state index contributed by atoms with van der Waals surface area (Å²) < 4.78 is 0. The SMILES string of the molecule is OC[C@@]12CC[C@@H](CNC1)[C@H]2O. The van der Waals surface area contributed by atoms with E-state index in [9.17, 15) is 5.11 Å². The zero-order valence-corrected chi connectivity index (χ0v) is 6.58. The Hall–Kier alpha value is -0.120. The van der Waals surface area contributed by atoms with Gasteiger partial charge >= 0.3 is 0 Å². The lowest BCUT2D eigenvalue weighted by molar-refractivity contribution is -0.0303. The van der Waals surface area contributed by atoms with Crippen molar-refractivity contribution in [3.8, 4) is 0 Å². The second-order valence-electron chi connectivity index (χ2n) is 3.89. The topological polar surface area (TPSA) is 52.5 Å². The Morgan fingerprint density at radius 2 is 2.36 bits per heavy atom. The quantitative estimate of drug-likeness (QED) is 0.473. The van der Waals surface area contributed by atoms with Crippen molar-refractivity contribution in [2.24, 2.45) is 11.3 Å². The molecule has 0 amide bonds. The van der Waals surface area contributed by atoms with Crippen LogP contribution in [0.25, 0.3) is 0 Å². The molecule has 3 N–H and O–H groups in total. The Balaban J connectivity index is 2.19. The first-order valence-electron chi connectivity index (χ1n) is 4.28. The van der Waals surface area contributed by atoms with Crippen molar-refractivity contribution >= 4 is 0 Å². The van der Waals surface area contributed by atoms with Crippen LogP contribution in [-0.2, 0) is 0 Å². The molecule has 0 aromatic heterocycles. The summed E-state index contributed by atoms with van der Waals surface area (Å²) in [6.45, 7) is 1.82. The summed E-state index contributed by atoms with van der Waals surface area (Å²) in [5.74, 6) is 0.385. The molecule has 1 saturated heterocycles. The number of hydrogen-bond donors (Lipinski definition) is 3. The van der Waals surface area contributed by atoms with Gasteiger partial charge in [0.1, 0.15) is 0 Å². The van der Waals surface area contributed by atoms with Gasteiger partial charge in [0.05, 0.1) is 12.7 Å². The molecule has 0 radical (unpaired) electrons. The number of nitrogens with one attached hydrogen (secondary N) is 1. The summed E-state index contributed by atoms with van der Waals surface area (Å²) in [6, 6.07) is 0. The summed E-state index contributed by atoms with van der Waals surface area (Å²) in [5.41, 5.74) is -0.205. The van der Waals surface area contributed by atoms with Crippen LogP contribution < -0.4 is 5.32 Å². The van der Waals surface area contributed by atoms with Crippen molar-refractivity contribution in [2.45, 2.75) is 18.9 Å². The molecule has 2 bridgehead atoms. The lowest BCUT2D eigenvalue weighted by atomic mass is 9.81. The van der Waals surface area contributed by atoms with E-state index in [1.807, 2.05) is 0 Å². The van der Waals surface area contributed by atoms with E-state index in [-0.39, 0.29) is 18.1 Å². The van der Waals surface area contributed by atoms with E-state index < -0.39 is 0 Å². The molecule has 2 aliphatic rings. The summed E-state index contributed by atoms with van der Waals surface area (Å²) in [4.78, 5) is 0. The first kappa shape index (κ1) is 7.53. The van der Waals surface area contributed by atoms with Gasteiger partial charge in [0, 0.05) is 18.5 Å². The van der Waals surface area contributed by atoms with Crippen LogP contribution in [0.3, 0.4) is 0 Å². The third kappa shape index (κ3) is 0.916. The van der Waals surface area contributed by atoms with Crippen LogP contribution in [0.15, 0.2) is 0 Å². The minimum absolute atomic E-state index is 0.123. The van der Waals surface area contributed by atoms with Gasteiger partial charge in [-0.15, -0.1) is 0 Å². The Labute approximate surface area is 66.4 Å². The maximum Gasteiger partial charge on any atom is 0.0670 e. The Morgan fingerprint density at radius 3 is 3.00 bits per heavy atom. The second-order valence-corrected chi connectivity index (χ2v) is 3.89. The van der Waals surface area contributed by atoms with Gasteiger partial charge in [0.25, 0.3) is 0 Å². The molecule has 1 aliphatic heterocycles. The molecular formula is C8H15NO2. The highest BCUT2D eigenvalue weighted by Gasteiger charge is 2.49. The first-order chi connectivity index (χ1) is 5.28. The van der Waals surface area contributed by atoms with Crippen LogP contribution in [0.4, 0.5) is 0 Å². The predicted molar refractivity (Wildman–Crippen MR) is 41.1 cm³/mol. The van der Waals surface area contributed by atoms with E-state index in [0.29, 0.717) is 5.92 Å². The predicted octanol–water partition coefficient (Wildman–Crippen LogP) is -0.661. The Bertz CT molecular complexity index is 158. The maximum atomic E-state index is 9.76. The summed E-state index contributed by atoms with van der Waals surface area (Å²) in [6.07, 6.45) is 1.77. The van der Waals surface area contributed by atoms with E-state index in [0.717, 1.165) is 25.9 Å². The number of piperidine rings is 1. The molecule has 3 heteroatoms. The largest absolute Gasteiger partial charge is 0.396 e. The highest BCUT2D eigenvalue weighted by atomic mass is 16.3. The minimum Gasteiger partial charge on any atom is -0.396 e. The molecule has 3 atom stereocenters. The van der Waals surface area contributed by atoms with Gasteiger partial charge in [-0.25, -0.2) is 0 Å². The molecule has 1 saturated carbocycles. The number of fused-ring (bicyclic) bond motifs is 2. The highest BCUT2D eigenvalue weighted by Crippen LogP contribution is 2.43. The Kier molecular flexibility index (Phi) is 1.67. The zero-order valence-electron chi connectivity index (χ0n) is 6.58. The summed E-state index contributed by atoms with van der Waals surface area (Å²) >= 11 is 0. The van der Waals surface area contributed by atoms with Crippen LogP contribution in [0.2, 0.25) is 0 Å². The maximum absolute atomic E-state index is 9.76. The monoisotopic (exact) mass is 157 g/mol. The Morgan fingerprint density at radius 1 is 1.55 bits per heavy atom. The molecule has 0 unspecified atom stereocenters. The molecule has 0 aromatic carbocycles. The lowest BCUT2D eigenvalue weighted by Gasteiger charge is -2.36. The highest BCUT2D eigenvalue weighted by molar-refractivity contribution is 5.01. The van der Waals surface area contributed by atoms with Gasteiger partial charge in [-0.05, 0) is 18.8 Å². The van der Waals surface area contributed by atoms with E-state index in [2.05, 4.69) is 5.32 Å². The average molecular weight is 157 g/mol. The molecular weight excluding hydrogens is 142 g/mol. The molecule has 2 rings (SSSR count). The van der Waals surface area contributed by atoms with Gasteiger partial charge in [0.2, 0.25) is 0 Å². The number of rotatable bonds is 1. The number of aliphatic hydroxyl groups excluding tert-OH is 2. The van der Waals surface area contributed by atoms with Crippen LogP contribution in [-0.4, -0.2) is 36.0 Å². The third-order valence-electron chi connectivity index (χ3n) is 3.29. The smallest absolute Gasteiger partial charge is 0.0670 e. The fraction of sp³-hybridized carbons (Fsp3) is 1.00. The molecule has 3 nitrogen and oxygen atoms in total. The van der Waals surface area contributed by atoms with E-state index in [4.69, 9.17) is 5.11 Å². The van der Waals surface area contributed by atoms with Crippen LogP contribution in [0, 0.1) is 11.3 Å². The standard InChI is InChI=1S/C8H15NO2/c10-5-8-2-1-6(7(8)11)3-9-4-8/h6-7,9-11H,1-5H2/t6-,7+,8+/m0/s1. The lowest BCUT2D eigenvalue weighted by Crippen LogP contribution is -2.51.